The standard InChI is InChI=1S/C14H26N2O2/c1-4-16(11(2)10-18-3)13(17)12-9-14(12)5-7-15-8-6-14/h11-12,15H,4-10H2,1-3H3. The van der Waals surface area contributed by atoms with E-state index in [2.05, 4.69) is 19.2 Å². The fraction of sp³-hybridized carbons (Fsp3) is 0.929. The van der Waals surface area contributed by atoms with Crippen LogP contribution in [0.25, 0.3) is 0 Å². The highest BCUT2D eigenvalue weighted by Crippen LogP contribution is 2.59. The Kier molecular flexibility index (Phi) is 4.28. The largest absolute Gasteiger partial charge is 0.383 e. The van der Waals surface area contributed by atoms with Gasteiger partial charge >= 0.3 is 0 Å². The van der Waals surface area contributed by atoms with Crippen molar-refractivity contribution in [3.63, 3.8) is 0 Å². The molecule has 1 saturated heterocycles. The number of nitrogens with zero attached hydrogens (tertiary/aromatic N) is 1. The fourth-order valence-electron chi connectivity index (χ4n) is 3.39. The second-order valence-corrected chi connectivity index (χ2v) is 5.80. The smallest absolute Gasteiger partial charge is 0.226 e. The molecule has 1 aliphatic heterocycles. The number of rotatable bonds is 5. The topological polar surface area (TPSA) is 41.6 Å². The molecule has 0 aromatic rings. The molecule has 2 rings (SSSR count). The van der Waals surface area contributed by atoms with E-state index in [1.165, 1.54) is 12.8 Å². The van der Waals surface area contributed by atoms with Gasteiger partial charge in [0.1, 0.15) is 0 Å². The summed E-state index contributed by atoms with van der Waals surface area (Å²) in [4.78, 5) is 14.6. The number of likely N-dealkylation sites (N-methyl/N-ethyl adjacent to an activating group) is 1. The first kappa shape index (κ1) is 13.8. The first-order chi connectivity index (χ1) is 8.64. The molecular weight excluding hydrogens is 228 g/mol. The highest BCUT2D eigenvalue weighted by atomic mass is 16.5. The zero-order valence-corrected chi connectivity index (χ0v) is 11.9. The Labute approximate surface area is 110 Å². The van der Waals surface area contributed by atoms with E-state index in [0.29, 0.717) is 17.9 Å². The Morgan fingerprint density at radius 1 is 1.50 bits per heavy atom. The summed E-state index contributed by atoms with van der Waals surface area (Å²) in [7, 11) is 1.69. The van der Waals surface area contributed by atoms with Gasteiger partial charge in [-0.1, -0.05) is 0 Å². The van der Waals surface area contributed by atoms with Crippen LogP contribution in [0.5, 0.6) is 0 Å². The van der Waals surface area contributed by atoms with Gasteiger partial charge in [-0.3, -0.25) is 4.79 Å². The van der Waals surface area contributed by atoms with Crippen LogP contribution in [0.3, 0.4) is 0 Å². The van der Waals surface area contributed by atoms with E-state index in [9.17, 15) is 4.79 Å². The summed E-state index contributed by atoms with van der Waals surface area (Å²) in [6, 6.07) is 0.187. The molecule has 0 radical (unpaired) electrons. The Balaban J connectivity index is 1.94. The van der Waals surface area contributed by atoms with E-state index in [0.717, 1.165) is 26.1 Å². The minimum Gasteiger partial charge on any atom is -0.383 e. The van der Waals surface area contributed by atoms with E-state index in [-0.39, 0.29) is 12.0 Å². The number of hydrogen-bond acceptors (Lipinski definition) is 3. The normalized spacial score (nSPS) is 26.9. The number of piperidine rings is 1. The van der Waals surface area contributed by atoms with Crippen LogP contribution >= 0.6 is 0 Å². The Morgan fingerprint density at radius 2 is 2.17 bits per heavy atom. The van der Waals surface area contributed by atoms with E-state index in [1.807, 2.05) is 4.90 Å². The van der Waals surface area contributed by atoms with Gasteiger partial charge in [0.15, 0.2) is 0 Å². The zero-order chi connectivity index (χ0) is 13.2. The molecule has 18 heavy (non-hydrogen) atoms. The van der Waals surface area contributed by atoms with Crippen molar-refractivity contribution < 1.29 is 9.53 Å². The van der Waals surface area contributed by atoms with Crippen LogP contribution in [-0.4, -0.2) is 50.2 Å². The molecule has 1 N–H and O–H groups in total. The van der Waals surface area contributed by atoms with Gasteiger partial charge in [-0.05, 0) is 51.6 Å². The minimum absolute atomic E-state index is 0.187. The van der Waals surface area contributed by atoms with Crippen LogP contribution < -0.4 is 5.32 Å². The van der Waals surface area contributed by atoms with Crippen molar-refractivity contribution in [1.29, 1.82) is 0 Å². The van der Waals surface area contributed by atoms with Gasteiger partial charge in [0.25, 0.3) is 0 Å². The van der Waals surface area contributed by atoms with Gasteiger partial charge in [-0.15, -0.1) is 0 Å². The van der Waals surface area contributed by atoms with Crippen LogP contribution in [0.4, 0.5) is 0 Å². The van der Waals surface area contributed by atoms with Gasteiger partial charge in [-0.2, -0.15) is 0 Å². The van der Waals surface area contributed by atoms with Crippen molar-refractivity contribution >= 4 is 5.91 Å². The maximum atomic E-state index is 12.6. The summed E-state index contributed by atoms with van der Waals surface area (Å²) < 4.78 is 5.17. The summed E-state index contributed by atoms with van der Waals surface area (Å²) in [5.74, 6) is 0.628. The Morgan fingerprint density at radius 3 is 2.72 bits per heavy atom. The van der Waals surface area contributed by atoms with Crippen molar-refractivity contribution in [3.8, 4) is 0 Å². The third kappa shape index (κ3) is 2.54. The van der Waals surface area contributed by atoms with Gasteiger partial charge < -0.3 is 15.0 Å². The molecule has 1 heterocycles. The van der Waals surface area contributed by atoms with Crippen LogP contribution in [0.15, 0.2) is 0 Å². The van der Waals surface area contributed by atoms with Gasteiger partial charge in [-0.25, -0.2) is 0 Å². The van der Waals surface area contributed by atoms with E-state index in [1.54, 1.807) is 7.11 Å². The second kappa shape index (κ2) is 5.57. The zero-order valence-electron chi connectivity index (χ0n) is 11.9. The van der Waals surface area contributed by atoms with E-state index >= 15 is 0 Å². The van der Waals surface area contributed by atoms with Gasteiger partial charge in [0, 0.05) is 19.6 Å². The average molecular weight is 254 g/mol. The van der Waals surface area contributed by atoms with Gasteiger partial charge in [0.05, 0.1) is 12.6 Å². The van der Waals surface area contributed by atoms with Crippen molar-refractivity contribution in [2.24, 2.45) is 11.3 Å². The lowest BCUT2D eigenvalue weighted by Crippen LogP contribution is -2.43. The van der Waals surface area contributed by atoms with Crippen molar-refractivity contribution in [2.75, 3.05) is 33.4 Å². The van der Waals surface area contributed by atoms with Crippen molar-refractivity contribution in [3.05, 3.63) is 0 Å². The van der Waals surface area contributed by atoms with Crippen molar-refractivity contribution in [1.82, 2.24) is 10.2 Å². The lowest BCUT2D eigenvalue weighted by atomic mass is 9.91. The molecular formula is C14H26N2O2. The molecule has 1 spiro atoms. The third-order valence-electron chi connectivity index (χ3n) is 4.65. The SMILES string of the molecule is CCN(C(=O)C1CC12CCNCC2)C(C)COC. The maximum Gasteiger partial charge on any atom is 0.226 e. The molecule has 2 atom stereocenters. The number of carbonyl (C=O) groups is 1. The molecule has 2 aliphatic rings. The predicted molar refractivity (Wildman–Crippen MR) is 71.4 cm³/mol. The highest BCUT2D eigenvalue weighted by molar-refractivity contribution is 5.83. The number of nitrogens with one attached hydrogen (secondary N) is 1. The van der Waals surface area contributed by atoms with E-state index in [4.69, 9.17) is 4.74 Å². The Bertz CT molecular complexity index is 300. The molecule has 0 bridgehead atoms. The average Bonchev–Trinajstić information content (AvgIpc) is 3.05. The van der Waals surface area contributed by atoms with Crippen LogP contribution in [0.1, 0.15) is 33.1 Å². The van der Waals surface area contributed by atoms with Crippen LogP contribution in [-0.2, 0) is 9.53 Å². The van der Waals surface area contributed by atoms with E-state index < -0.39 is 0 Å². The monoisotopic (exact) mass is 254 g/mol. The quantitative estimate of drug-likeness (QED) is 0.803. The minimum atomic E-state index is 0.187. The summed E-state index contributed by atoms with van der Waals surface area (Å²) in [5.41, 5.74) is 0.336. The number of methoxy groups -OCH3 is 1. The molecule has 4 heteroatoms. The number of hydrogen-bond donors (Lipinski definition) is 1. The number of ether oxygens (including phenoxy) is 1. The third-order valence-corrected chi connectivity index (χ3v) is 4.65. The number of amides is 1. The second-order valence-electron chi connectivity index (χ2n) is 5.80. The molecule has 1 saturated carbocycles. The van der Waals surface area contributed by atoms with Crippen molar-refractivity contribution in [2.45, 2.75) is 39.2 Å². The molecule has 2 unspecified atom stereocenters. The maximum absolute atomic E-state index is 12.6. The molecule has 104 valence electrons. The summed E-state index contributed by atoms with van der Waals surface area (Å²) in [5, 5.41) is 3.38. The highest BCUT2D eigenvalue weighted by Gasteiger charge is 2.58. The first-order valence-corrected chi connectivity index (χ1v) is 7.15. The predicted octanol–water partition coefficient (Wildman–Crippen LogP) is 1.26. The molecule has 4 nitrogen and oxygen atoms in total. The Hall–Kier alpha value is -0.610. The first-order valence-electron chi connectivity index (χ1n) is 7.15. The summed E-state index contributed by atoms with van der Waals surface area (Å²) >= 11 is 0. The molecule has 0 aromatic heterocycles. The van der Waals surface area contributed by atoms with Gasteiger partial charge in [0.2, 0.25) is 5.91 Å². The fourth-order valence-corrected chi connectivity index (χ4v) is 3.39. The summed E-state index contributed by atoms with van der Waals surface area (Å²) in [6.07, 6.45) is 3.43. The lowest BCUT2D eigenvalue weighted by molar-refractivity contribution is -0.136. The molecule has 2 fully saturated rings. The molecule has 0 aromatic carbocycles. The number of carbonyl (C=O) groups excluding carboxylic acids is 1. The summed E-state index contributed by atoms with van der Waals surface area (Å²) in [6.45, 7) is 7.69. The van der Waals surface area contributed by atoms with Crippen LogP contribution in [0.2, 0.25) is 0 Å². The molecule has 1 aliphatic carbocycles. The lowest BCUT2D eigenvalue weighted by Gasteiger charge is -2.30. The molecule has 1 amide bonds. The van der Waals surface area contributed by atoms with Crippen LogP contribution in [0, 0.1) is 11.3 Å².